The molecule has 3 N–H and O–H groups in total. The van der Waals surface area contributed by atoms with Crippen LogP contribution in [0.2, 0.25) is 0 Å². The third kappa shape index (κ3) is 4.57. The molecule has 0 bridgehead atoms. The summed E-state index contributed by atoms with van der Waals surface area (Å²) in [7, 11) is 0. The molecule has 1 aliphatic rings. The standard InChI is InChI=1S/C23H30N4O3/c1-15(2)21(28)13-30-19-5-3-17(4-6-19)26-23(29)20-12-18(27-10-9-24-14-27)11-16-7-8-25-22(16)20/h7-12,14-15,17,19,21,25,28H,3-6,13H2,1-2H3,(H,26,29). The van der Waals surface area contributed by atoms with Gasteiger partial charge in [-0.1, -0.05) is 13.8 Å². The number of aliphatic hydroxyl groups excluding tert-OH is 1. The zero-order valence-corrected chi connectivity index (χ0v) is 17.5. The lowest BCUT2D eigenvalue weighted by molar-refractivity contribution is -0.0399. The fraction of sp³-hybridized carbons (Fsp3) is 0.478. The summed E-state index contributed by atoms with van der Waals surface area (Å²) in [6, 6.07) is 6.05. The summed E-state index contributed by atoms with van der Waals surface area (Å²) < 4.78 is 7.77. The third-order valence-electron chi connectivity index (χ3n) is 5.97. The highest BCUT2D eigenvalue weighted by Gasteiger charge is 2.25. The van der Waals surface area contributed by atoms with Gasteiger partial charge in [0.15, 0.2) is 0 Å². The van der Waals surface area contributed by atoms with Crippen LogP contribution in [-0.2, 0) is 4.74 Å². The van der Waals surface area contributed by atoms with Gasteiger partial charge in [0, 0.05) is 35.7 Å². The molecule has 3 aromatic rings. The monoisotopic (exact) mass is 410 g/mol. The third-order valence-corrected chi connectivity index (χ3v) is 5.97. The predicted octanol–water partition coefficient (Wildman–Crippen LogP) is 3.43. The van der Waals surface area contributed by atoms with Crippen molar-refractivity contribution in [3.63, 3.8) is 0 Å². The first-order valence-electron chi connectivity index (χ1n) is 10.7. The van der Waals surface area contributed by atoms with E-state index in [4.69, 9.17) is 4.74 Å². The predicted molar refractivity (Wildman–Crippen MR) is 116 cm³/mol. The molecule has 7 nitrogen and oxygen atoms in total. The van der Waals surface area contributed by atoms with Crippen molar-refractivity contribution >= 4 is 16.8 Å². The van der Waals surface area contributed by atoms with Gasteiger partial charge in [-0.05, 0) is 49.8 Å². The molecule has 2 heterocycles. The molecule has 160 valence electrons. The van der Waals surface area contributed by atoms with Crippen LogP contribution in [0.5, 0.6) is 0 Å². The maximum Gasteiger partial charge on any atom is 0.253 e. The lowest BCUT2D eigenvalue weighted by Gasteiger charge is -2.30. The van der Waals surface area contributed by atoms with E-state index in [9.17, 15) is 9.90 Å². The zero-order valence-electron chi connectivity index (χ0n) is 17.5. The summed E-state index contributed by atoms with van der Waals surface area (Å²) in [5, 5.41) is 14.1. The average Bonchev–Trinajstić information content (AvgIpc) is 3.43. The Kier molecular flexibility index (Phi) is 6.20. The highest BCUT2D eigenvalue weighted by Crippen LogP contribution is 2.25. The Morgan fingerprint density at radius 1 is 1.33 bits per heavy atom. The van der Waals surface area contributed by atoms with Gasteiger partial charge < -0.3 is 24.7 Å². The van der Waals surface area contributed by atoms with Crippen molar-refractivity contribution in [1.29, 1.82) is 0 Å². The number of hydrogen-bond donors (Lipinski definition) is 3. The van der Waals surface area contributed by atoms with Crippen molar-refractivity contribution in [2.45, 2.75) is 57.8 Å². The van der Waals surface area contributed by atoms with Crippen LogP contribution in [0.4, 0.5) is 0 Å². The molecule has 1 aromatic carbocycles. The summed E-state index contributed by atoms with van der Waals surface area (Å²) in [4.78, 5) is 20.4. The van der Waals surface area contributed by atoms with Crippen molar-refractivity contribution in [3.8, 4) is 5.69 Å². The fourth-order valence-electron chi connectivity index (χ4n) is 3.96. The molecular formula is C23H30N4O3. The van der Waals surface area contributed by atoms with Crippen LogP contribution in [0.1, 0.15) is 49.9 Å². The highest BCUT2D eigenvalue weighted by molar-refractivity contribution is 6.06. The average molecular weight is 411 g/mol. The maximum absolute atomic E-state index is 13.1. The fourth-order valence-corrected chi connectivity index (χ4v) is 3.96. The van der Waals surface area contributed by atoms with E-state index in [1.54, 1.807) is 12.5 Å². The highest BCUT2D eigenvalue weighted by atomic mass is 16.5. The molecular weight excluding hydrogens is 380 g/mol. The maximum atomic E-state index is 13.1. The molecule has 0 radical (unpaired) electrons. The Labute approximate surface area is 176 Å². The molecule has 0 aliphatic heterocycles. The van der Waals surface area contributed by atoms with E-state index in [0.717, 1.165) is 42.3 Å². The molecule has 0 spiro atoms. The SMILES string of the molecule is CC(C)C(O)COC1CCC(NC(=O)c2cc(-n3ccnc3)cc3cc[nH]c23)CC1. The summed E-state index contributed by atoms with van der Waals surface area (Å²) in [5.74, 6) is 0.132. The number of nitrogens with zero attached hydrogens (tertiary/aromatic N) is 2. The summed E-state index contributed by atoms with van der Waals surface area (Å²) in [5.41, 5.74) is 2.39. The van der Waals surface area contributed by atoms with Crippen LogP contribution in [-0.4, -0.2) is 50.4 Å². The van der Waals surface area contributed by atoms with Gasteiger partial charge in [0.05, 0.1) is 36.2 Å². The number of H-pyrrole nitrogens is 1. The van der Waals surface area contributed by atoms with Gasteiger partial charge in [-0.15, -0.1) is 0 Å². The summed E-state index contributed by atoms with van der Waals surface area (Å²) in [6.45, 7) is 4.36. The Bertz CT molecular complexity index is 972. The Balaban J connectivity index is 1.39. The minimum atomic E-state index is -0.423. The molecule has 0 saturated heterocycles. The van der Waals surface area contributed by atoms with E-state index in [0.29, 0.717) is 12.2 Å². The summed E-state index contributed by atoms with van der Waals surface area (Å²) >= 11 is 0. The van der Waals surface area contributed by atoms with Crippen LogP contribution >= 0.6 is 0 Å². The van der Waals surface area contributed by atoms with Crippen LogP contribution in [0, 0.1) is 5.92 Å². The van der Waals surface area contributed by atoms with Gasteiger partial charge >= 0.3 is 0 Å². The number of nitrogens with one attached hydrogen (secondary N) is 2. The van der Waals surface area contributed by atoms with Crippen molar-refractivity contribution in [1.82, 2.24) is 19.9 Å². The van der Waals surface area contributed by atoms with Crippen LogP contribution in [0.3, 0.4) is 0 Å². The van der Waals surface area contributed by atoms with Crippen LogP contribution in [0.25, 0.3) is 16.6 Å². The number of imidazole rings is 1. The van der Waals surface area contributed by atoms with Crippen molar-refractivity contribution in [3.05, 3.63) is 48.7 Å². The molecule has 1 fully saturated rings. The Morgan fingerprint density at radius 3 is 2.83 bits per heavy atom. The van der Waals surface area contributed by atoms with Gasteiger partial charge in [-0.25, -0.2) is 4.98 Å². The molecule has 7 heteroatoms. The molecule has 30 heavy (non-hydrogen) atoms. The number of carbonyl (C=O) groups excluding carboxylic acids is 1. The van der Waals surface area contributed by atoms with Crippen molar-refractivity contribution in [2.24, 2.45) is 5.92 Å². The Hall–Kier alpha value is -2.64. The molecule has 1 atom stereocenters. The largest absolute Gasteiger partial charge is 0.390 e. The second-order valence-corrected chi connectivity index (χ2v) is 8.50. The number of aromatic nitrogens is 3. The second-order valence-electron chi connectivity index (χ2n) is 8.50. The lowest BCUT2D eigenvalue weighted by atomic mass is 9.92. The first-order valence-corrected chi connectivity index (χ1v) is 10.7. The van der Waals surface area contributed by atoms with E-state index in [1.165, 1.54) is 0 Å². The molecule has 1 saturated carbocycles. The van der Waals surface area contributed by atoms with E-state index in [2.05, 4.69) is 15.3 Å². The van der Waals surface area contributed by atoms with E-state index < -0.39 is 6.10 Å². The van der Waals surface area contributed by atoms with Crippen LogP contribution in [0.15, 0.2) is 43.1 Å². The number of hydrogen-bond acceptors (Lipinski definition) is 4. The molecule has 2 aromatic heterocycles. The van der Waals surface area contributed by atoms with Gasteiger partial charge in [-0.3, -0.25) is 4.79 Å². The number of ether oxygens (including phenoxy) is 1. The number of aromatic amines is 1. The molecule has 1 amide bonds. The minimum absolute atomic E-state index is 0.0657. The van der Waals surface area contributed by atoms with Crippen molar-refractivity contribution < 1.29 is 14.6 Å². The topological polar surface area (TPSA) is 92.2 Å². The molecule has 4 rings (SSSR count). The van der Waals surface area contributed by atoms with Gasteiger partial charge in [0.2, 0.25) is 0 Å². The van der Waals surface area contributed by atoms with E-state index in [1.807, 2.05) is 49.0 Å². The summed E-state index contributed by atoms with van der Waals surface area (Å²) in [6.07, 6.45) is 10.5. The number of benzene rings is 1. The van der Waals surface area contributed by atoms with Crippen molar-refractivity contribution in [2.75, 3.05) is 6.61 Å². The number of fused-ring (bicyclic) bond motifs is 1. The normalized spacial score (nSPS) is 20.5. The van der Waals surface area contributed by atoms with E-state index in [-0.39, 0.29) is 24.0 Å². The van der Waals surface area contributed by atoms with Gasteiger partial charge in [0.25, 0.3) is 5.91 Å². The van der Waals surface area contributed by atoms with Gasteiger partial charge in [0.1, 0.15) is 0 Å². The van der Waals surface area contributed by atoms with Crippen LogP contribution < -0.4 is 5.32 Å². The quantitative estimate of drug-likeness (QED) is 0.556. The smallest absolute Gasteiger partial charge is 0.253 e. The lowest BCUT2D eigenvalue weighted by Crippen LogP contribution is -2.39. The van der Waals surface area contributed by atoms with E-state index >= 15 is 0 Å². The first kappa shape index (κ1) is 20.6. The number of amides is 1. The molecule has 1 unspecified atom stereocenters. The number of rotatable bonds is 7. The number of aliphatic hydroxyl groups is 1. The number of carbonyl (C=O) groups is 1. The minimum Gasteiger partial charge on any atom is -0.390 e. The zero-order chi connectivity index (χ0) is 21.1. The Morgan fingerprint density at radius 2 is 2.13 bits per heavy atom. The second kappa shape index (κ2) is 9.02. The first-order chi connectivity index (χ1) is 14.5. The molecule has 1 aliphatic carbocycles. The van der Waals surface area contributed by atoms with Gasteiger partial charge in [-0.2, -0.15) is 0 Å².